The average Bonchev–Trinajstić information content (AvgIpc) is 3.26. The summed E-state index contributed by atoms with van der Waals surface area (Å²) in [7, 11) is 1.69. The van der Waals surface area contributed by atoms with Crippen molar-refractivity contribution in [2.45, 2.75) is 13.8 Å². The predicted molar refractivity (Wildman–Crippen MR) is 132 cm³/mol. The Balaban J connectivity index is 1.33. The van der Waals surface area contributed by atoms with Crippen LogP contribution in [0.25, 0.3) is 16.7 Å². The molecule has 0 saturated carbocycles. The Morgan fingerprint density at radius 2 is 1.70 bits per heavy atom. The molecule has 1 aliphatic heterocycles. The molecule has 4 aromatic rings. The van der Waals surface area contributed by atoms with E-state index in [0.717, 1.165) is 41.2 Å². The number of piperazine rings is 1. The zero-order valence-corrected chi connectivity index (χ0v) is 19.3. The summed E-state index contributed by atoms with van der Waals surface area (Å²) >= 11 is 0. The van der Waals surface area contributed by atoms with Gasteiger partial charge in [0.1, 0.15) is 12.1 Å². The first kappa shape index (κ1) is 21.1. The van der Waals surface area contributed by atoms with E-state index in [4.69, 9.17) is 4.74 Å². The van der Waals surface area contributed by atoms with Crippen molar-refractivity contribution >= 4 is 22.6 Å². The number of amides is 1. The molecule has 0 spiro atoms. The molecule has 1 saturated heterocycles. The minimum absolute atomic E-state index is 0.0534. The summed E-state index contributed by atoms with van der Waals surface area (Å²) in [5.41, 5.74) is 7.12. The Morgan fingerprint density at radius 1 is 0.909 bits per heavy atom. The predicted octanol–water partition coefficient (Wildman–Crippen LogP) is 4.61. The van der Waals surface area contributed by atoms with Crippen molar-refractivity contribution in [2.24, 2.45) is 0 Å². The summed E-state index contributed by atoms with van der Waals surface area (Å²) in [4.78, 5) is 22.0. The van der Waals surface area contributed by atoms with Crippen molar-refractivity contribution < 1.29 is 9.53 Å². The highest BCUT2D eigenvalue weighted by Crippen LogP contribution is 2.29. The molecule has 2 heterocycles. The second-order valence-electron chi connectivity index (χ2n) is 8.56. The molecule has 3 aromatic carbocycles. The van der Waals surface area contributed by atoms with Crippen molar-refractivity contribution in [3.05, 3.63) is 83.7 Å². The lowest BCUT2D eigenvalue weighted by Gasteiger charge is -2.36. The topological polar surface area (TPSA) is 50.6 Å². The minimum atomic E-state index is 0.0534. The molecular formula is C27H28N4O2. The van der Waals surface area contributed by atoms with Crippen LogP contribution < -0.4 is 9.64 Å². The molecule has 1 aliphatic rings. The summed E-state index contributed by atoms with van der Waals surface area (Å²) < 4.78 is 7.59. The van der Waals surface area contributed by atoms with Crippen molar-refractivity contribution in [1.29, 1.82) is 0 Å². The number of anilines is 1. The third-order valence-electron chi connectivity index (χ3n) is 6.40. The largest absolute Gasteiger partial charge is 0.495 e. The van der Waals surface area contributed by atoms with Gasteiger partial charge in [-0.1, -0.05) is 29.8 Å². The first-order valence-electron chi connectivity index (χ1n) is 11.3. The number of hydrogen-bond donors (Lipinski definition) is 0. The number of nitrogens with zero attached hydrogens (tertiary/aromatic N) is 4. The first-order valence-corrected chi connectivity index (χ1v) is 11.3. The lowest BCUT2D eigenvalue weighted by Crippen LogP contribution is -2.48. The van der Waals surface area contributed by atoms with Crippen molar-refractivity contribution in [3.8, 4) is 11.4 Å². The van der Waals surface area contributed by atoms with E-state index in [1.54, 1.807) is 7.11 Å². The monoisotopic (exact) mass is 440 g/mol. The second-order valence-corrected chi connectivity index (χ2v) is 8.56. The van der Waals surface area contributed by atoms with E-state index in [1.165, 1.54) is 11.1 Å². The van der Waals surface area contributed by atoms with E-state index in [-0.39, 0.29) is 5.91 Å². The van der Waals surface area contributed by atoms with E-state index < -0.39 is 0 Å². The van der Waals surface area contributed by atoms with Crippen LogP contribution in [0.2, 0.25) is 0 Å². The van der Waals surface area contributed by atoms with Crippen molar-refractivity contribution in [1.82, 2.24) is 14.5 Å². The Morgan fingerprint density at radius 3 is 2.45 bits per heavy atom. The molecular weight excluding hydrogens is 412 g/mol. The quantitative estimate of drug-likeness (QED) is 0.465. The number of aryl methyl sites for hydroxylation is 2. The molecule has 5 rings (SSSR count). The summed E-state index contributed by atoms with van der Waals surface area (Å²) in [5, 5.41) is 0. The van der Waals surface area contributed by atoms with Crippen molar-refractivity contribution in [3.63, 3.8) is 0 Å². The standard InChI is InChI=1S/C27H28N4O2/c1-19-8-10-23(20(2)16-19)31-18-28-22-17-21(9-11-24(22)31)27(32)30-14-12-29(13-15-30)25-6-4-5-7-26(25)33-3/h4-11,16-18H,12-15H2,1-3H3. The second kappa shape index (κ2) is 8.62. The fourth-order valence-electron chi connectivity index (χ4n) is 4.64. The molecule has 6 nitrogen and oxygen atoms in total. The highest BCUT2D eigenvalue weighted by Gasteiger charge is 2.24. The summed E-state index contributed by atoms with van der Waals surface area (Å²) in [5.74, 6) is 0.916. The van der Waals surface area contributed by atoms with Crippen LogP contribution in [0.4, 0.5) is 5.69 Å². The number of ether oxygens (including phenoxy) is 1. The maximum atomic E-state index is 13.2. The molecule has 168 valence electrons. The third kappa shape index (κ3) is 3.93. The lowest BCUT2D eigenvalue weighted by atomic mass is 10.1. The lowest BCUT2D eigenvalue weighted by molar-refractivity contribution is 0.0747. The van der Waals surface area contributed by atoms with Gasteiger partial charge in [0.25, 0.3) is 5.91 Å². The van der Waals surface area contributed by atoms with Gasteiger partial charge in [0.15, 0.2) is 0 Å². The van der Waals surface area contributed by atoms with Gasteiger partial charge in [0.05, 0.1) is 29.5 Å². The van der Waals surface area contributed by atoms with Crippen LogP contribution in [-0.4, -0.2) is 53.6 Å². The van der Waals surface area contributed by atoms with Gasteiger partial charge >= 0.3 is 0 Å². The molecule has 0 N–H and O–H groups in total. The van der Waals surface area contributed by atoms with Crippen LogP contribution in [0.5, 0.6) is 5.75 Å². The molecule has 33 heavy (non-hydrogen) atoms. The Bertz CT molecular complexity index is 1320. The zero-order chi connectivity index (χ0) is 22.9. The highest BCUT2D eigenvalue weighted by atomic mass is 16.5. The molecule has 1 aromatic heterocycles. The first-order chi connectivity index (χ1) is 16.0. The number of hydrogen-bond acceptors (Lipinski definition) is 4. The summed E-state index contributed by atoms with van der Waals surface area (Å²) in [6, 6.07) is 20.2. The van der Waals surface area contributed by atoms with Crippen molar-refractivity contribution in [2.75, 3.05) is 38.2 Å². The fourth-order valence-corrected chi connectivity index (χ4v) is 4.64. The maximum Gasteiger partial charge on any atom is 0.254 e. The highest BCUT2D eigenvalue weighted by molar-refractivity contribution is 5.97. The number of rotatable bonds is 4. The SMILES string of the molecule is COc1ccccc1N1CCN(C(=O)c2ccc3c(c2)ncn3-c2ccc(C)cc2C)CC1. The van der Waals surface area contributed by atoms with E-state index in [1.807, 2.05) is 47.6 Å². The normalized spacial score (nSPS) is 14.0. The van der Waals surface area contributed by atoms with Gasteiger partial charge in [0, 0.05) is 31.7 Å². The Hall–Kier alpha value is -3.80. The average molecular weight is 441 g/mol. The number of benzene rings is 3. The van der Waals surface area contributed by atoms with Gasteiger partial charge in [-0.15, -0.1) is 0 Å². The number of carbonyl (C=O) groups is 1. The Labute approximate surface area is 194 Å². The fraction of sp³-hybridized carbons (Fsp3) is 0.259. The molecule has 0 unspecified atom stereocenters. The number of methoxy groups -OCH3 is 1. The van der Waals surface area contributed by atoms with Gasteiger partial charge in [0.2, 0.25) is 0 Å². The van der Waals surface area contributed by atoms with Gasteiger partial charge in [-0.05, 0) is 55.8 Å². The zero-order valence-electron chi connectivity index (χ0n) is 19.3. The van der Waals surface area contributed by atoms with Gasteiger partial charge in [-0.25, -0.2) is 4.98 Å². The summed E-state index contributed by atoms with van der Waals surface area (Å²) in [6.07, 6.45) is 1.84. The Kier molecular flexibility index (Phi) is 5.50. The molecule has 6 heteroatoms. The number of carbonyl (C=O) groups excluding carboxylic acids is 1. The molecule has 0 aliphatic carbocycles. The molecule has 0 atom stereocenters. The number of fused-ring (bicyclic) bond motifs is 1. The smallest absolute Gasteiger partial charge is 0.254 e. The summed E-state index contributed by atoms with van der Waals surface area (Å²) in [6.45, 7) is 7.09. The molecule has 1 amide bonds. The van der Waals surface area contributed by atoms with Crippen LogP contribution in [0.1, 0.15) is 21.5 Å². The van der Waals surface area contributed by atoms with Gasteiger partial charge in [-0.3, -0.25) is 9.36 Å². The van der Waals surface area contributed by atoms with Crippen LogP contribution in [0, 0.1) is 13.8 Å². The van der Waals surface area contributed by atoms with Gasteiger partial charge in [-0.2, -0.15) is 0 Å². The van der Waals surface area contributed by atoms with E-state index in [2.05, 4.69) is 52.6 Å². The van der Waals surface area contributed by atoms with Gasteiger partial charge < -0.3 is 14.5 Å². The van der Waals surface area contributed by atoms with Crippen LogP contribution in [0.3, 0.4) is 0 Å². The van der Waals surface area contributed by atoms with Crippen LogP contribution in [-0.2, 0) is 0 Å². The minimum Gasteiger partial charge on any atom is -0.495 e. The van der Waals surface area contributed by atoms with Crippen LogP contribution >= 0.6 is 0 Å². The molecule has 0 bridgehead atoms. The van der Waals surface area contributed by atoms with Crippen LogP contribution in [0.15, 0.2) is 67.0 Å². The van der Waals surface area contributed by atoms with E-state index >= 15 is 0 Å². The number of para-hydroxylation sites is 2. The molecule has 0 radical (unpaired) electrons. The number of aromatic nitrogens is 2. The molecule has 1 fully saturated rings. The maximum absolute atomic E-state index is 13.2. The van der Waals surface area contributed by atoms with E-state index in [0.29, 0.717) is 18.7 Å². The van der Waals surface area contributed by atoms with E-state index in [9.17, 15) is 4.79 Å². The third-order valence-corrected chi connectivity index (χ3v) is 6.40. The number of imidazole rings is 1.